The molecule has 0 radical (unpaired) electrons. The topological polar surface area (TPSA) is 37.3 Å². The smallest absolute Gasteiger partial charge is 0.141 e. The summed E-state index contributed by atoms with van der Waals surface area (Å²) in [6, 6.07) is 0. The van der Waals surface area contributed by atoms with Crippen molar-refractivity contribution in [1.82, 2.24) is 0 Å². The van der Waals surface area contributed by atoms with E-state index in [0.29, 0.717) is 6.42 Å². The van der Waals surface area contributed by atoms with Crippen LogP contribution in [-0.4, -0.2) is 17.5 Å². The Morgan fingerprint density at radius 1 is 1.73 bits per heavy atom. The van der Waals surface area contributed by atoms with Gasteiger partial charge in [0.05, 0.1) is 12.0 Å². The molecular formula is C9H14O2. The molecule has 0 spiro atoms. The SMILES string of the molecule is C=CCCC1(CO)CCC1=O. The first-order valence-electron chi connectivity index (χ1n) is 4.00. The zero-order valence-corrected chi connectivity index (χ0v) is 6.68. The Hall–Kier alpha value is -0.630. The number of hydrogen-bond acceptors (Lipinski definition) is 2. The Balaban J connectivity index is 2.47. The van der Waals surface area contributed by atoms with Crippen molar-refractivity contribution in [2.45, 2.75) is 25.7 Å². The lowest BCUT2D eigenvalue weighted by Crippen LogP contribution is -2.43. The van der Waals surface area contributed by atoms with Gasteiger partial charge in [0.25, 0.3) is 0 Å². The minimum atomic E-state index is -0.381. The highest BCUT2D eigenvalue weighted by Gasteiger charge is 2.44. The lowest BCUT2D eigenvalue weighted by atomic mass is 9.65. The van der Waals surface area contributed by atoms with E-state index in [4.69, 9.17) is 5.11 Å². The van der Waals surface area contributed by atoms with Crippen molar-refractivity contribution in [3.05, 3.63) is 12.7 Å². The molecule has 1 rings (SSSR count). The Morgan fingerprint density at radius 2 is 2.45 bits per heavy atom. The zero-order valence-electron chi connectivity index (χ0n) is 6.68. The second-order valence-corrected chi connectivity index (χ2v) is 3.19. The van der Waals surface area contributed by atoms with Crippen LogP contribution in [0.1, 0.15) is 25.7 Å². The van der Waals surface area contributed by atoms with Crippen LogP contribution in [0.4, 0.5) is 0 Å². The summed E-state index contributed by atoms with van der Waals surface area (Å²) in [7, 11) is 0. The summed E-state index contributed by atoms with van der Waals surface area (Å²) in [4.78, 5) is 11.1. The van der Waals surface area contributed by atoms with E-state index in [0.717, 1.165) is 19.3 Å². The quantitative estimate of drug-likeness (QED) is 0.619. The normalized spacial score (nSPS) is 29.7. The highest BCUT2D eigenvalue weighted by molar-refractivity contribution is 5.90. The average molecular weight is 154 g/mol. The number of carbonyl (C=O) groups is 1. The van der Waals surface area contributed by atoms with Crippen LogP contribution >= 0.6 is 0 Å². The fourth-order valence-corrected chi connectivity index (χ4v) is 1.47. The standard InChI is InChI=1S/C9H14O2/c1-2-3-5-9(7-10)6-4-8(9)11/h2,10H,1,3-7H2. The summed E-state index contributed by atoms with van der Waals surface area (Å²) in [5.74, 6) is 0.224. The number of Topliss-reactive ketones (excluding diaryl/α,β-unsaturated/α-hetero) is 1. The molecular weight excluding hydrogens is 140 g/mol. The van der Waals surface area contributed by atoms with Crippen LogP contribution in [0.3, 0.4) is 0 Å². The van der Waals surface area contributed by atoms with Gasteiger partial charge in [-0.1, -0.05) is 6.08 Å². The first-order chi connectivity index (χ1) is 5.25. The van der Waals surface area contributed by atoms with E-state index in [1.54, 1.807) is 6.08 Å². The molecule has 2 nitrogen and oxygen atoms in total. The highest BCUT2D eigenvalue weighted by Crippen LogP contribution is 2.40. The van der Waals surface area contributed by atoms with Crippen molar-refractivity contribution in [1.29, 1.82) is 0 Å². The molecule has 2 heteroatoms. The minimum Gasteiger partial charge on any atom is -0.395 e. The summed E-state index contributed by atoms with van der Waals surface area (Å²) in [6.45, 7) is 3.60. The summed E-state index contributed by atoms with van der Waals surface area (Å²) in [6.07, 6.45) is 4.90. The highest BCUT2D eigenvalue weighted by atomic mass is 16.3. The van der Waals surface area contributed by atoms with Crippen LogP contribution in [0.5, 0.6) is 0 Å². The number of aliphatic hydroxyl groups excluding tert-OH is 1. The third-order valence-electron chi connectivity index (χ3n) is 2.55. The predicted molar refractivity (Wildman–Crippen MR) is 43.2 cm³/mol. The summed E-state index contributed by atoms with van der Waals surface area (Å²) >= 11 is 0. The molecule has 0 aromatic carbocycles. The van der Waals surface area contributed by atoms with Crippen LogP contribution in [0.2, 0.25) is 0 Å². The second kappa shape index (κ2) is 3.18. The largest absolute Gasteiger partial charge is 0.395 e. The van der Waals surface area contributed by atoms with Gasteiger partial charge in [0, 0.05) is 6.42 Å². The molecule has 0 aliphatic heterocycles. The second-order valence-electron chi connectivity index (χ2n) is 3.19. The van der Waals surface area contributed by atoms with Gasteiger partial charge < -0.3 is 5.11 Å². The maximum absolute atomic E-state index is 11.1. The van der Waals surface area contributed by atoms with Crippen molar-refractivity contribution in [3.63, 3.8) is 0 Å². The molecule has 62 valence electrons. The number of carbonyl (C=O) groups excluding carboxylic acids is 1. The van der Waals surface area contributed by atoms with Gasteiger partial charge in [-0.3, -0.25) is 4.79 Å². The molecule has 1 fully saturated rings. The first-order valence-corrected chi connectivity index (χ1v) is 4.00. The van der Waals surface area contributed by atoms with E-state index in [1.807, 2.05) is 0 Å². The zero-order chi connectivity index (χ0) is 8.32. The van der Waals surface area contributed by atoms with Crippen LogP contribution in [0, 0.1) is 5.41 Å². The molecule has 0 aromatic rings. The molecule has 1 N–H and O–H groups in total. The van der Waals surface area contributed by atoms with Crippen molar-refractivity contribution < 1.29 is 9.90 Å². The number of allylic oxidation sites excluding steroid dienone is 1. The van der Waals surface area contributed by atoms with Gasteiger partial charge in [-0.15, -0.1) is 6.58 Å². The van der Waals surface area contributed by atoms with Crippen molar-refractivity contribution >= 4 is 5.78 Å². The van der Waals surface area contributed by atoms with Crippen LogP contribution in [0.15, 0.2) is 12.7 Å². The van der Waals surface area contributed by atoms with Crippen molar-refractivity contribution in [2.75, 3.05) is 6.61 Å². The van der Waals surface area contributed by atoms with E-state index in [-0.39, 0.29) is 17.8 Å². The molecule has 1 aliphatic rings. The fourth-order valence-electron chi connectivity index (χ4n) is 1.47. The maximum atomic E-state index is 11.1. The van der Waals surface area contributed by atoms with Gasteiger partial charge in [-0.2, -0.15) is 0 Å². The molecule has 0 heterocycles. The van der Waals surface area contributed by atoms with Crippen molar-refractivity contribution in [2.24, 2.45) is 5.41 Å². The summed E-state index contributed by atoms with van der Waals surface area (Å²) < 4.78 is 0. The number of aliphatic hydroxyl groups is 1. The van der Waals surface area contributed by atoms with E-state index in [1.165, 1.54) is 0 Å². The van der Waals surface area contributed by atoms with Gasteiger partial charge >= 0.3 is 0 Å². The van der Waals surface area contributed by atoms with Crippen LogP contribution < -0.4 is 0 Å². The van der Waals surface area contributed by atoms with Gasteiger partial charge in [0.2, 0.25) is 0 Å². The summed E-state index contributed by atoms with van der Waals surface area (Å²) in [5, 5.41) is 8.98. The van der Waals surface area contributed by atoms with E-state index >= 15 is 0 Å². The van der Waals surface area contributed by atoms with Crippen molar-refractivity contribution in [3.8, 4) is 0 Å². The third-order valence-corrected chi connectivity index (χ3v) is 2.55. The maximum Gasteiger partial charge on any atom is 0.141 e. The monoisotopic (exact) mass is 154 g/mol. The van der Waals surface area contributed by atoms with Gasteiger partial charge in [0.15, 0.2) is 0 Å². The average Bonchev–Trinajstić information content (AvgIpc) is 2.04. The Kier molecular flexibility index (Phi) is 2.45. The molecule has 0 aromatic heterocycles. The third kappa shape index (κ3) is 1.36. The Labute approximate surface area is 66.9 Å². The number of rotatable bonds is 4. The molecule has 1 atom stereocenters. The molecule has 0 amide bonds. The molecule has 1 aliphatic carbocycles. The minimum absolute atomic E-state index is 0.0136. The first kappa shape index (κ1) is 8.47. The van der Waals surface area contributed by atoms with Crippen LogP contribution in [0.25, 0.3) is 0 Å². The number of hydrogen-bond donors (Lipinski definition) is 1. The van der Waals surface area contributed by atoms with E-state index in [2.05, 4.69) is 6.58 Å². The lowest BCUT2D eigenvalue weighted by Gasteiger charge is -2.38. The Bertz CT molecular complexity index is 170. The predicted octanol–water partition coefficient (Wildman–Crippen LogP) is 1.29. The number of ketones is 1. The summed E-state index contributed by atoms with van der Waals surface area (Å²) in [5.41, 5.74) is -0.381. The Morgan fingerprint density at radius 3 is 2.73 bits per heavy atom. The van der Waals surface area contributed by atoms with Gasteiger partial charge in [0.1, 0.15) is 5.78 Å². The molecule has 11 heavy (non-hydrogen) atoms. The van der Waals surface area contributed by atoms with Gasteiger partial charge in [-0.25, -0.2) is 0 Å². The molecule has 1 unspecified atom stereocenters. The molecule has 0 bridgehead atoms. The van der Waals surface area contributed by atoms with Crippen LogP contribution in [-0.2, 0) is 4.79 Å². The fraction of sp³-hybridized carbons (Fsp3) is 0.667. The van der Waals surface area contributed by atoms with E-state index < -0.39 is 0 Å². The van der Waals surface area contributed by atoms with E-state index in [9.17, 15) is 4.79 Å². The molecule has 1 saturated carbocycles. The molecule has 0 saturated heterocycles. The lowest BCUT2D eigenvalue weighted by molar-refractivity contribution is -0.142. The van der Waals surface area contributed by atoms with Gasteiger partial charge in [-0.05, 0) is 19.3 Å².